The molecule has 92 valence electrons. The lowest BCUT2D eigenvalue weighted by atomic mass is 10.3. The lowest BCUT2D eigenvalue weighted by Gasteiger charge is -2.05. The first-order valence-corrected chi connectivity index (χ1v) is 6.52. The zero-order valence-corrected chi connectivity index (χ0v) is 10.9. The second kappa shape index (κ2) is 8.64. The molecule has 0 radical (unpaired) electrons. The summed E-state index contributed by atoms with van der Waals surface area (Å²) in [6, 6.07) is 0. The number of methoxy groups -OCH3 is 1. The van der Waals surface area contributed by atoms with E-state index in [2.05, 4.69) is 21.0 Å². The second-order valence-electron chi connectivity index (χ2n) is 3.60. The number of aryl methyl sites for hydroxylation is 1. The van der Waals surface area contributed by atoms with Crippen LogP contribution in [0.5, 0.6) is 0 Å². The molecule has 1 heterocycles. The Kier molecular flexibility index (Phi) is 7.33. The largest absolute Gasteiger partial charge is 0.383 e. The summed E-state index contributed by atoms with van der Waals surface area (Å²) >= 11 is 1.72. The normalized spacial score (nSPS) is 10.9. The van der Waals surface area contributed by atoms with Gasteiger partial charge in [0.2, 0.25) is 0 Å². The van der Waals surface area contributed by atoms with Crippen LogP contribution >= 0.6 is 11.3 Å². The molecule has 1 rings (SSSR count). The molecular formula is C11H21N3OS. The van der Waals surface area contributed by atoms with Crippen molar-refractivity contribution in [1.29, 1.82) is 0 Å². The van der Waals surface area contributed by atoms with E-state index < -0.39 is 0 Å². The van der Waals surface area contributed by atoms with E-state index in [0.717, 1.165) is 44.2 Å². The molecule has 0 saturated carbocycles. The summed E-state index contributed by atoms with van der Waals surface area (Å²) in [6.45, 7) is 6.71. The van der Waals surface area contributed by atoms with E-state index in [9.17, 15) is 0 Å². The van der Waals surface area contributed by atoms with Gasteiger partial charge in [-0.05, 0) is 6.92 Å². The van der Waals surface area contributed by atoms with Gasteiger partial charge >= 0.3 is 0 Å². The molecule has 0 fully saturated rings. The predicted molar refractivity (Wildman–Crippen MR) is 68.2 cm³/mol. The predicted octanol–water partition coefficient (Wildman–Crippen LogP) is 0.820. The summed E-state index contributed by atoms with van der Waals surface area (Å²) in [5.41, 5.74) is 1.20. The van der Waals surface area contributed by atoms with Crippen LogP contribution in [0.25, 0.3) is 0 Å². The van der Waals surface area contributed by atoms with Crippen LogP contribution in [0.1, 0.15) is 10.7 Å². The number of hydrogen-bond acceptors (Lipinski definition) is 5. The van der Waals surface area contributed by atoms with Gasteiger partial charge in [-0.3, -0.25) is 0 Å². The minimum absolute atomic E-state index is 0.776. The summed E-state index contributed by atoms with van der Waals surface area (Å²) in [6.07, 6.45) is 1.02. The van der Waals surface area contributed by atoms with Crippen LogP contribution in [0.15, 0.2) is 5.38 Å². The van der Waals surface area contributed by atoms with E-state index in [-0.39, 0.29) is 0 Å². The first-order chi connectivity index (χ1) is 7.83. The smallest absolute Gasteiger partial charge is 0.0897 e. The van der Waals surface area contributed by atoms with Gasteiger partial charge < -0.3 is 15.4 Å². The molecule has 2 N–H and O–H groups in total. The van der Waals surface area contributed by atoms with Crippen molar-refractivity contribution < 1.29 is 4.74 Å². The number of nitrogens with zero attached hydrogens (tertiary/aromatic N) is 1. The van der Waals surface area contributed by atoms with Crippen molar-refractivity contribution in [2.24, 2.45) is 0 Å². The fourth-order valence-corrected chi connectivity index (χ4v) is 1.99. The van der Waals surface area contributed by atoms with Crippen LogP contribution in [0.3, 0.4) is 0 Å². The first kappa shape index (κ1) is 13.6. The molecule has 0 amide bonds. The third kappa shape index (κ3) is 6.17. The fraction of sp³-hybridized carbons (Fsp3) is 0.727. The van der Waals surface area contributed by atoms with Gasteiger partial charge in [-0.1, -0.05) is 0 Å². The van der Waals surface area contributed by atoms with Crippen LogP contribution in [0.2, 0.25) is 0 Å². The molecule has 0 aliphatic rings. The van der Waals surface area contributed by atoms with Gasteiger partial charge in [-0.25, -0.2) is 4.98 Å². The number of thiazole rings is 1. The molecule has 0 saturated heterocycles. The lowest BCUT2D eigenvalue weighted by Crippen LogP contribution is -2.30. The highest BCUT2D eigenvalue weighted by atomic mass is 32.1. The third-order valence-corrected chi connectivity index (χ3v) is 3.01. The summed E-state index contributed by atoms with van der Waals surface area (Å²) in [4.78, 5) is 4.42. The Hall–Kier alpha value is -0.490. The summed E-state index contributed by atoms with van der Waals surface area (Å²) < 4.78 is 4.94. The second-order valence-corrected chi connectivity index (χ2v) is 4.66. The Morgan fingerprint density at radius 1 is 1.25 bits per heavy atom. The molecule has 4 nitrogen and oxygen atoms in total. The average molecular weight is 243 g/mol. The Balaban J connectivity index is 1.88. The van der Waals surface area contributed by atoms with Crippen LogP contribution in [-0.4, -0.2) is 44.9 Å². The zero-order chi connectivity index (χ0) is 11.6. The maximum atomic E-state index is 4.94. The van der Waals surface area contributed by atoms with Crippen LogP contribution in [0, 0.1) is 6.92 Å². The summed E-state index contributed by atoms with van der Waals surface area (Å²) in [7, 11) is 1.72. The highest BCUT2D eigenvalue weighted by molar-refractivity contribution is 7.09. The molecule has 0 atom stereocenters. The van der Waals surface area contributed by atoms with Crippen LogP contribution < -0.4 is 10.6 Å². The molecule has 16 heavy (non-hydrogen) atoms. The van der Waals surface area contributed by atoms with Crippen molar-refractivity contribution in [3.8, 4) is 0 Å². The van der Waals surface area contributed by atoms with Crippen molar-refractivity contribution in [2.75, 3.05) is 39.9 Å². The molecule has 0 bridgehead atoms. The lowest BCUT2D eigenvalue weighted by molar-refractivity contribution is 0.199. The first-order valence-electron chi connectivity index (χ1n) is 5.64. The molecule has 1 aromatic rings. The number of ether oxygens (including phenoxy) is 1. The maximum absolute atomic E-state index is 4.94. The molecule has 1 aromatic heterocycles. The van der Waals surface area contributed by atoms with Crippen LogP contribution in [0.4, 0.5) is 0 Å². The van der Waals surface area contributed by atoms with Crippen molar-refractivity contribution in [3.05, 3.63) is 16.1 Å². The SMILES string of the molecule is COCCNCCNCCc1csc(C)n1. The maximum Gasteiger partial charge on any atom is 0.0897 e. The van der Waals surface area contributed by atoms with E-state index in [4.69, 9.17) is 4.74 Å². The monoisotopic (exact) mass is 243 g/mol. The van der Waals surface area contributed by atoms with Crippen molar-refractivity contribution in [1.82, 2.24) is 15.6 Å². The van der Waals surface area contributed by atoms with Gasteiger partial charge in [0.1, 0.15) is 0 Å². The number of hydrogen-bond donors (Lipinski definition) is 2. The quantitative estimate of drug-likeness (QED) is 0.630. The van der Waals surface area contributed by atoms with Crippen molar-refractivity contribution >= 4 is 11.3 Å². The van der Waals surface area contributed by atoms with E-state index >= 15 is 0 Å². The minimum Gasteiger partial charge on any atom is -0.383 e. The van der Waals surface area contributed by atoms with E-state index in [0.29, 0.717) is 0 Å². The van der Waals surface area contributed by atoms with Gasteiger partial charge in [0.15, 0.2) is 0 Å². The Morgan fingerprint density at radius 2 is 2.00 bits per heavy atom. The molecule has 0 aromatic carbocycles. The fourth-order valence-electron chi connectivity index (χ4n) is 1.34. The van der Waals surface area contributed by atoms with Gasteiger partial charge in [0.25, 0.3) is 0 Å². The average Bonchev–Trinajstić information content (AvgIpc) is 2.68. The third-order valence-electron chi connectivity index (χ3n) is 2.19. The minimum atomic E-state index is 0.776. The molecule has 0 aliphatic heterocycles. The van der Waals surface area contributed by atoms with Gasteiger partial charge in [0.05, 0.1) is 17.3 Å². The van der Waals surface area contributed by atoms with Crippen molar-refractivity contribution in [2.45, 2.75) is 13.3 Å². The van der Waals surface area contributed by atoms with Gasteiger partial charge in [-0.2, -0.15) is 0 Å². The highest BCUT2D eigenvalue weighted by Crippen LogP contribution is 2.07. The summed E-state index contributed by atoms with van der Waals surface area (Å²) in [5.74, 6) is 0. The van der Waals surface area contributed by atoms with E-state index in [1.165, 1.54) is 5.69 Å². The molecule has 0 unspecified atom stereocenters. The highest BCUT2D eigenvalue weighted by Gasteiger charge is 1.97. The number of rotatable bonds is 9. The summed E-state index contributed by atoms with van der Waals surface area (Å²) in [5, 5.41) is 9.95. The van der Waals surface area contributed by atoms with Gasteiger partial charge in [-0.15, -0.1) is 11.3 Å². The Labute approximate surface area is 101 Å². The van der Waals surface area contributed by atoms with Crippen molar-refractivity contribution in [3.63, 3.8) is 0 Å². The number of aromatic nitrogens is 1. The molecule has 0 spiro atoms. The Bertz CT molecular complexity index is 278. The Morgan fingerprint density at radius 3 is 2.62 bits per heavy atom. The van der Waals surface area contributed by atoms with E-state index in [1.54, 1.807) is 18.4 Å². The molecule has 5 heteroatoms. The zero-order valence-electron chi connectivity index (χ0n) is 10.1. The molecule has 0 aliphatic carbocycles. The van der Waals surface area contributed by atoms with E-state index in [1.807, 2.05) is 6.92 Å². The van der Waals surface area contributed by atoms with Gasteiger partial charge in [0, 0.05) is 45.1 Å². The standard InChI is InChI=1S/C11H21N3OS/c1-10-14-11(9-16-10)3-4-12-5-6-13-7-8-15-2/h9,12-13H,3-8H2,1-2H3. The number of nitrogens with one attached hydrogen (secondary N) is 2. The van der Waals surface area contributed by atoms with Crippen LogP contribution in [-0.2, 0) is 11.2 Å². The molecular weight excluding hydrogens is 222 g/mol. The topological polar surface area (TPSA) is 46.2 Å².